The van der Waals surface area contributed by atoms with Crippen LogP contribution in [0.3, 0.4) is 0 Å². The van der Waals surface area contributed by atoms with Crippen LogP contribution in [0.2, 0.25) is 0 Å². The minimum Gasteiger partial charge on any atom is -0.398 e. The molecule has 118 valence electrons. The van der Waals surface area contributed by atoms with E-state index in [2.05, 4.69) is 27.6 Å². The third-order valence-corrected chi connectivity index (χ3v) is 6.41. The summed E-state index contributed by atoms with van der Waals surface area (Å²) in [4.78, 5) is 0.251. The van der Waals surface area contributed by atoms with Gasteiger partial charge in [-0.2, -0.15) is 0 Å². The first-order chi connectivity index (χ1) is 9.88. The average molecular weight is 375 g/mol. The Morgan fingerprint density at radius 2 is 1.95 bits per heavy atom. The number of nitrogens with two attached hydrogens (primary N) is 1. The maximum absolute atomic E-state index is 12.2. The van der Waals surface area contributed by atoms with Gasteiger partial charge in [0.2, 0.25) is 10.0 Å². The molecule has 1 saturated carbocycles. The van der Waals surface area contributed by atoms with E-state index >= 15 is 0 Å². The van der Waals surface area contributed by atoms with Crippen LogP contribution in [-0.2, 0) is 10.0 Å². The van der Waals surface area contributed by atoms with Crippen LogP contribution in [0.5, 0.6) is 0 Å². The Hall–Kier alpha value is -0.590. The molecule has 3 N–H and O–H groups in total. The number of halogens is 1. The van der Waals surface area contributed by atoms with Crippen molar-refractivity contribution in [1.29, 1.82) is 0 Å². The van der Waals surface area contributed by atoms with Gasteiger partial charge in [-0.05, 0) is 52.4 Å². The van der Waals surface area contributed by atoms with Crippen molar-refractivity contribution < 1.29 is 8.42 Å². The highest BCUT2D eigenvalue weighted by molar-refractivity contribution is 9.10. The maximum atomic E-state index is 12.2. The molecule has 4 nitrogen and oxygen atoms in total. The quantitative estimate of drug-likeness (QED) is 0.774. The summed E-state index contributed by atoms with van der Waals surface area (Å²) in [6.07, 6.45) is 5.89. The van der Waals surface area contributed by atoms with E-state index in [-0.39, 0.29) is 4.90 Å². The van der Waals surface area contributed by atoms with Crippen LogP contribution in [0.25, 0.3) is 0 Å². The van der Waals surface area contributed by atoms with Gasteiger partial charge >= 0.3 is 0 Å². The molecule has 1 aromatic carbocycles. The van der Waals surface area contributed by atoms with E-state index in [1.807, 2.05) is 0 Å². The summed E-state index contributed by atoms with van der Waals surface area (Å²) in [5.74, 6) is 1.48. The summed E-state index contributed by atoms with van der Waals surface area (Å²) in [5.41, 5.74) is 6.21. The van der Waals surface area contributed by atoms with E-state index in [9.17, 15) is 8.42 Å². The number of anilines is 1. The third kappa shape index (κ3) is 4.69. The smallest absolute Gasteiger partial charge is 0.240 e. The zero-order chi connectivity index (χ0) is 15.5. The Balaban J connectivity index is 1.88. The molecule has 21 heavy (non-hydrogen) atoms. The molecule has 1 aliphatic rings. The molecule has 1 fully saturated rings. The lowest BCUT2D eigenvalue weighted by Gasteiger charge is -2.26. The van der Waals surface area contributed by atoms with Crippen molar-refractivity contribution in [2.45, 2.75) is 43.9 Å². The van der Waals surface area contributed by atoms with Crippen molar-refractivity contribution in [2.75, 3.05) is 12.3 Å². The summed E-state index contributed by atoms with van der Waals surface area (Å²) < 4.78 is 27.7. The Morgan fingerprint density at radius 3 is 2.57 bits per heavy atom. The molecule has 6 heteroatoms. The number of hydrogen-bond acceptors (Lipinski definition) is 3. The van der Waals surface area contributed by atoms with Crippen molar-refractivity contribution >= 4 is 31.6 Å². The molecule has 0 heterocycles. The second-order valence-electron chi connectivity index (χ2n) is 6.00. The fourth-order valence-electron chi connectivity index (χ4n) is 2.77. The highest BCUT2D eigenvalue weighted by Crippen LogP contribution is 2.30. The van der Waals surface area contributed by atoms with E-state index in [1.165, 1.54) is 31.7 Å². The SMILES string of the molecule is CC1CCC(CCNS(=O)(=O)c2ccc(N)c(Br)c2)CC1. The monoisotopic (exact) mass is 374 g/mol. The minimum absolute atomic E-state index is 0.251. The van der Waals surface area contributed by atoms with Crippen LogP contribution in [0.1, 0.15) is 39.0 Å². The van der Waals surface area contributed by atoms with E-state index < -0.39 is 10.0 Å². The molecule has 0 spiro atoms. The summed E-state index contributed by atoms with van der Waals surface area (Å²) >= 11 is 3.26. The molecule has 0 aliphatic heterocycles. The zero-order valence-electron chi connectivity index (χ0n) is 12.3. The normalized spacial score (nSPS) is 23.1. The highest BCUT2D eigenvalue weighted by Gasteiger charge is 2.19. The van der Waals surface area contributed by atoms with Crippen molar-refractivity contribution in [3.63, 3.8) is 0 Å². The lowest BCUT2D eigenvalue weighted by molar-refractivity contribution is 0.278. The molecular weight excluding hydrogens is 352 g/mol. The van der Waals surface area contributed by atoms with Crippen LogP contribution < -0.4 is 10.5 Å². The van der Waals surface area contributed by atoms with E-state index in [4.69, 9.17) is 5.73 Å². The summed E-state index contributed by atoms with van der Waals surface area (Å²) in [7, 11) is -3.45. The lowest BCUT2D eigenvalue weighted by Crippen LogP contribution is -2.27. The van der Waals surface area contributed by atoms with Gasteiger partial charge in [0.25, 0.3) is 0 Å². The van der Waals surface area contributed by atoms with Gasteiger partial charge in [0.15, 0.2) is 0 Å². The fourth-order valence-corrected chi connectivity index (χ4v) is 4.38. The van der Waals surface area contributed by atoms with Crippen molar-refractivity contribution in [3.8, 4) is 0 Å². The molecule has 0 aromatic heterocycles. The van der Waals surface area contributed by atoms with Crippen LogP contribution in [0, 0.1) is 11.8 Å². The molecule has 0 radical (unpaired) electrons. The van der Waals surface area contributed by atoms with E-state index in [1.54, 1.807) is 12.1 Å². The first kappa shape index (κ1) is 16.8. The standard InChI is InChI=1S/C15H23BrN2O2S/c1-11-2-4-12(5-3-11)8-9-18-21(19,20)13-6-7-15(17)14(16)10-13/h6-7,10-12,18H,2-5,8-9,17H2,1H3. The first-order valence-electron chi connectivity index (χ1n) is 7.43. The largest absolute Gasteiger partial charge is 0.398 e. The molecule has 0 amide bonds. The van der Waals surface area contributed by atoms with Crippen molar-refractivity contribution in [2.24, 2.45) is 11.8 Å². The molecule has 0 saturated heterocycles. The van der Waals surface area contributed by atoms with Gasteiger partial charge in [0.1, 0.15) is 0 Å². The van der Waals surface area contributed by atoms with Crippen LogP contribution in [-0.4, -0.2) is 15.0 Å². The van der Waals surface area contributed by atoms with E-state index in [0.717, 1.165) is 12.3 Å². The van der Waals surface area contributed by atoms with E-state index in [0.29, 0.717) is 22.6 Å². The van der Waals surface area contributed by atoms with Gasteiger partial charge in [0, 0.05) is 16.7 Å². The van der Waals surface area contributed by atoms with Gasteiger partial charge in [-0.1, -0.05) is 32.6 Å². The number of nitrogens with one attached hydrogen (secondary N) is 1. The number of benzene rings is 1. The number of nitrogen functional groups attached to an aromatic ring is 1. The molecule has 1 aromatic rings. The van der Waals surface area contributed by atoms with Gasteiger partial charge < -0.3 is 5.73 Å². The minimum atomic E-state index is -3.45. The Morgan fingerprint density at radius 1 is 1.29 bits per heavy atom. The predicted octanol–water partition coefficient (Wildman–Crippen LogP) is 3.53. The molecule has 0 atom stereocenters. The van der Waals surface area contributed by atoms with Gasteiger partial charge in [-0.25, -0.2) is 13.1 Å². The Bertz CT molecular complexity index is 581. The van der Waals surface area contributed by atoms with Gasteiger partial charge in [-0.3, -0.25) is 0 Å². The fraction of sp³-hybridized carbons (Fsp3) is 0.600. The van der Waals surface area contributed by atoms with Gasteiger partial charge in [0.05, 0.1) is 4.90 Å². The number of hydrogen-bond donors (Lipinski definition) is 2. The number of sulfonamides is 1. The topological polar surface area (TPSA) is 72.2 Å². The van der Waals surface area contributed by atoms with Crippen LogP contribution >= 0.6 is 15.9 Å². The Labute approximate surface area is 135 Å². The Kier molecular flexibility index (Phi) is 5.68. The first-order valence-corrected chi connectivity index (χ1v) is 9.71. The van der Waals surface area contributed by atoms with Crippen molar-refractivity contribution in [1.82, 2.24) is 4.72 Å². The van der Waals surface area contributed by atoms with Crippen LogP contribution in [0.4, 0.5) is 5.69 Å². The van der Waals surface area contributed by atoms with Gasteiger partial charge in [-0.15, -0.1) is 0 Å². The predicted molar refractivity (Wildman–Crippen MR) is 89.5 cm³/mol. The number of rotatable bonds is 5. The van der Waals surface area contributed by atoms with Crippen LogP contribution in [0.15, 0.2) is 27.6 Å². The summed E-state index contributed by atoms with van der Waals surface area (Å²) in [6, 6.07) is 4.67. The third-order valence-electron chi connectivity index (χ3n) is 4.26. The maximum Gasteiger partial charge on any atom is 0.240 e. The average Bonchev–Trinajstić information content (AvgIpc) is 2.44. The van der Waals surface area contributed by atoms with Crippen molar-refractivity contribution in [3.05, 3.63) is 22.7 Å². The second-order valence-corrected chi connectivity index (χ2v) is 8.62. The molecule has 0 bridgehead atoms. The second kappa shape index (κ2) is 7.11. The highest BCUT2D eigenvalue weighted by atomic mass is 79.9. The summed E-state index contributed by atoms with van der Waals surface area (Å²) in [6.45, 7) is 2.79. The molecule has 2 rings (SSSR count). The lowest BCUT2D eigenvalue weighted by atomic mass is 9.81. The summed E-state index contributed by atoms with van der Waals surface area (Å²) in [5, 5.41) is 0. The molecule has 1 aliphatic carbocycles. The molecule has 0 unspecified atom stereocenters. The molecular formula is C15H23BrN2O2S. The zero-order valence-corrected chi connectivity index (χ0v) is 14.7.